The summed E-state index contributed by atoms with van der Waals surface area (Å²) in [6.45, 7) is 1.34. The second-order valence-electron chi connectivity index (χ2n) is 3.99. The van der Waals surface area contributed by atoms with E-state index in [0.29, 0.717) is 23.6 Å². The molecule has 3 N–H and O–H groups in total. The van der Waals surface area contributed by atoms with Crippen molar-refractivity contribution >= 4 is 21.9 Å². The zero-order chi connectivity index (χ0) is 13.7. The minimum Gasteiger partial charge on any atom is -0.354 e. The number of benzene rings is 1. The van der Waals surface area contributed by atoms with E-state index in [9.17, 15) is 4.39 Å². The molecule has 2 aromatic rings. The van der Waals surface area contributed by atoms with Crippen LogP contribution in [0, 0.1) is 5.82 Å². The lowest BCUT2D eigenvalue weighted by Gasteiger charge is -2.06. The molecular weight excluding hydrogens is 311 g/mol. The highest BCUT2D eigenvalue weighted by molar-refractivity contribution is 9.10. The first-order chi connectivity index (χ1) is 9.20. The molecule has 19 heavy (non-hydrogen) atoms. The van der Waals surface area contributed by atoms with Gasteiger partial charge in [0.2, 0.25) is 5.95 Å². The zero-order valence-electron chi connectivity index (χ0n) is 10.2. The summed E-state index contributed by atoms with van der Waals surface area (Å²) in [6.07, 6.45) is 4.05. The fourth-order valence-corrected chi connectivity index (χ4v) is 1.94. The predicted molar refractivity (Wildman–Crippen MR) is 77.3 cm³/mol. The van der Waals surface area contributed by atoms with E-state index in [-0.39, 0.29) is 5.82 Å². The predicted octanol–water partition coefficient (Wildman–Crippen LogP) is 2.81. The molecule has 6 heteroatoms. The molecular formula is C13H14BrFN4. The van der Waals surface area contributed by atoms with Gasteiger partial charge < -0.3 is 11.1 Å². The standard InChI is InChI=1S/C13H14BrFN4/c14-10-2-3-12(15)11(6-10)9-7-18-13(19-8-9)17-5-1-4-16/h2-3,6-8H,1,4-5,16H2,(H,17,18,19). The van der Waals surface area contributed by atoms with Crippen LogP contribution in [0.15, 0.2) is 35.1 Å². The number of rotatable bonds is 5. The number of hydrogen-bond acceptors (Lipinski definition) is 4. The van der Waals surface area contributed by atoms with E-state index >= 15 is 0 Å². The molecule has 0 unspecified atom stereocenters. The Kier molecular flexibility index (Phi) is 4.81. The number of nitrogens with two attached hydrogens (primary N) is 1. The smallest absolute Gasteiger partial charge is 0.222 e. The first-order valence-electron chi connectivity index (χ1n) is 5.92. The van der Waals surface area contributed by atoms with Crippen molar-refractivity contribution < 1.29 is 4.39 Å². The van der Waals surface area contributed by atoms with Crippen LogP contribution in [-0.2, 0) is 0 Å². The molecule has 0 saturated heterocycles. The SMILES string of the molecule is NCCCNc1ncc(-c2cc(Br)ccc2F)cn1. The molecule has 0 bridgehead atoms. The molecule has 0 aliphatic carbocycles. The van der Waals surface area contributed by atoms with Crippen molar-refractivity contribution in [1.82, 2.24) is 9.97 Å². The Bertz CT molecular complexity index is 545. The topological polar surface area (TPSA) is 63.8 Å². The van der Waals surface area contributed by atoms with Crippen molar-refractivity contribution in [3.63, 3.8) is 0 Å². The van der Waals surface area contributed by atoms with Crippen LogP contribution in [-0.4, -0.2) is 23.1 Å². The van der Waals surface area contributed by atoms with E-state index in [1.165, 1.54) is 6.07 Å². The average molecular weight is 325 g/mol. The van der Waals surface area contributed by atoms with Crippen LogP contribution in [0.3, 0.4) is 0 Å². The van der Waals surface area contributed by atoms with Crippen LogP contribution >= 0.6 is 15.9 Å². The molecule has 0 atom stereocenters. The summed E-state index contributed by atoms with van der Waals surface area (Å²) in [4.78, 5) is 8.31. The van der Waals surface area contributed by atoms with Crippen molar-refractivity contribution in [2.24, 2.45) is 5.73 Å². The largest absolute Gasteiger partial charge is 0.354 e. The molecule has 1 aromatic carbocycles. The Labute approximate surface area is 119 Å². The molecule has 0 aliphatic rings. The summed E-state index contributed by atoms with van der Waals surface area (Å²) in [6, 6.07) is 4.77. The first kappa shape index (κ1) is 13.9. The van der Waals surface area contributed by atoms with Gasteiger partial charge in [-0.15, -0.1) is 0 Å². The van der Waals surface area contributed by atoms with Gasteiger partial charge in [-0.3, -0.25) is 0 Å². The van der Waals surface area contributed by atoms with Crippen molar-refractivity contribution in [3.8, 4) is 11.1 Å². The van der Waals surface area contributed by atoms with Crippen molar-refractivity contribution in [3.05, 3.63) is 40.9 Å². The second-order valence-corrected chi connectivity index (χ2v) is 4.90. The number of nitrogens with zero attached hydrogens (tertiary/aromatic N) is 2. The molecule has 2 rings (SSSR count). The molecule has 0 amide bonds. The third-order valence-corrected chi connectivity index (χ3v) is 3.05. The monoisotopic (exact) mass is 324 g/mol. The van der Waals surface area contributed by atoms with Gasteiger partial charge >= 0.3 is 0 Å². The average Bonchev–Trinajstić information content (AvgIpc) is 2.43. The van der Waals surface area contributed by atoms with Gasteiger partial charge in [0.15, 0.2) is 0 Å². The highest BCUT2D eigenvalue weighted by Crippen LogP contribution is 2.25. The van der Waals surface area contributed by atoms with Gasteiger partial charge in [0.05, 0.1) is 0 Å². The number of aromatic nitrogens is 2. The third kappa shape index (κ3) is 3.71. The van der Waals surface area contributed by atoms with Gasteiger partial charge in [-0.05, 0) is 31.2 Å². The van der Waals surface area contributed by atoms with Crippen LogP contribution in [0.5, 0.6) is 0 Å². The van der Waals surface area contributed by atoms with Gasteiger partial charge in [0.1, 0.15) is 5.82 Å². The molecule has 0 aliphatic heterocycles. The van der Waals surface area contributed by atoms with E-state index in [4.69, 9.17) is 5.73 Å². The molecule has 4 nitrogen and oxygen atoms in total. The highest BCUT2D eigenvalue weighted by Gasteiger charge is 2.07. The van der Waals surface area contributed by atoms with Crippen LogP contribution in [0.2, 0.25) is 0 Å². The molecule has 0 saturated carbocycles. The lowest BCUT2D eigenvalue weighted by molar-refractivity contribution is 0.631. The molecule has 1 heterocycles. The lowest BCUT2D eigenvalue weighted by atomic mass is 10.1. The van der Waals surface area contributed by atoms with E-state index in [0.717, 1.165) is 17.4 Å². The van der Waals surface area contributed by atoms with E-state index in [1.54, 1.807) is 24.5 Å². The quantitative estimate of drug-likeness (QED) is 0.830. The Hall–Kier alpha value is -1.53. The fourth-order valence-electron chi connectivity index (χ4n) is 1.58. The lowest BCUT2D eigenvalue weighted by Crippen LogP contribution is -2.10. The van der Waals surface area contributed by atoms with Gasteiger partial charge in [-0.2, -0.15) is 0 Å². The van der Waals surface area contributed by atoms with Crippen LogP contribution < -0.4 is 11.1 Å². The van der Waals surface area contributed by atoms with E-state index in [2.05, 4.69) is 31.2 Å². The summed E-state index contributed by atoms with van der Waals surface area (Å²) >= 11 is 3.32. The van der Waals surface area contributed by atoms with Gasteiger partial charge in [0.25, 0.3) is 0 Å². The maximum Gasteiger partial charge on any atom is 0.222 e. The maximum absolute atomic E-state index is 13.7. The number of halogens is 2. The third-order valence-electron chi connectivity index (χ3n) is 2.56. The summed E-state index contributed by atoms with van der Waals surface area (Å²) in [5.41, 5.74) is 6.51. The summed E-state index contributed by atoms with van der Waals surface area (Å²) in [5, 5.41) is 3.05. The molecule has 1 aromatic heterocycles. The minimum absolute atomic E-state index is 0.296. The Balaban J connectivity index is 2.15. The van der Waals surface area contributed by atoms with Gasteiger partial charge in [-0.25, -0.2) is 14.4 Å². The highest BCUT2D eigenvalue weighted by atomic mass is 79.9. The van der Waals surface area contributed by atoms with Crippen LogP contribution in [0.25, 0.3) is 11.1 Å². The van der Waals surface area contributed by atoms with Crippen molar-refractivity contribution in [1.29, 1.82) is 0 Å². The fraction of sp³-hybridized carbons (Fsp3) is 0.231. The first-order valence-corrected chi connectivity index (χ1v) is 6.71. The number of hydrogen-bond donors (Lipinski definition) is 2. The Morgan fingerprint density at radius 1 is 1.26 bits per heavy atom. The van der Waals surface area contributed by atoms with E-state index < -0.39 is 0 Å². The van der Waals surface area contributed by atoms with Crippen molar-refractivity contribution in [2.45, 2.75) is 6.42 Å². The number of nitrogens with one attached hydrogen (secondary N) is 1. The maximum atomic E-state index is 13.7. The summed E-state index contributed by atoms with van der Waals surface area (Å²) in [7, 11) is 0. The van der Waals surface area contributed by atoms with E-state index in [1.807, 2.05) is 0 Å². The van der Waals surface area contributed by atoms with Crippen LogP contribution in [0.4, 0.5) is 10.3 Å². The molecule has 0 radical (unpaired) electrons. The normalized spacial score (nSPS) is 10.5. The zero-order valence-corrected chi connectivity index (χ0v) is 11.8. The number of anilines is 1. The minimum atomic E-state index is -0.296. The van der Waals surface area contributed by atoms with Crippen molar-refractivity contribution in [2.75, 3.05) is 18.4 Å². The molecule has 0 spiro atoms. The second kappa shape index (κ2) is 6.58. The summed E-state index contributed by atoms with van der Waals surface area (Å²) in [5.74, 6) is 0.225. The van der Waals surface area contributed by atoms with Crippen LogP contribution in [0.1, 0.15) is 6.42 Å². The summed E-state index contributed by atoms with van der Waals surface area (Å²) < 4.78 is 14.5. The van der Waals surface area contributed by atoms with Gasteiger partial charge in [0, 0.05) is 34.5 Å². The molecule has 0 fully saturated rings. The Morgan fingerprint density at radius 2 is 2.00 bits per heavy atom. The van der Waals surface area contributed by atoms with Gasteiger partial charge in [-0.1, -0.05) is 15.9 Å². The Morgan fingerprint density at radius 3 is 2.68 bits per heavy atom. The molecule has 100 valence electrons.